The second kappa shape index (κ2) is 8.43. The van der Waals surface area contributed by atoms with Gasteiger partial charge in [-0.15, -0.1) is 0 Å². The van der Waals surface area contributed by atoms with Crippen molar-refractivity contribution in [3.8, 4) is 11.5 Å². The number of imide groups is 1. The summed E-state index contributed by atoms with van der Waals surface area (Å²) in [6.07, 6.45) is 3.46. The number of hydrogen-bond acceptors (Lipinski definition) is 5. The van der Waals surface area contributed by atoms with Crippen LogP contribution in [-0.4, -0.2) is 24.8 Å². The predicted octanol–water partition coefficient (Wildman–Crippen LogP) is 4.37. The van der Waals surface area contributed by atoms with Gasteiger partial charge in [0, 0.05) is 2.74 Å². The van der Waals surface area contributed by atoms with Crippen molar-refractivity contribution in [3.63, 3.8) is 0 Å². The molecule has 2 aliphatic rings. The van der Waals surface area contributed by atoms with Crippen LogP contribution in [0, 0.1) is 5.92 Å². The summed E-state index contributed by atoms with van der Waals surface area (Å²) in [7, 11) is 1.39. The van der Waals surface area contributed by atoms with Gasteiger partial charge >= 0.3 is 0 Å². The van der Waals surface area contributed by atoms with Gasteiger partial charge in [0.1, 0.15) is 0 Å². The molecule has 0 radical (unpaired) electrons. The summed E-state index contributed by atoms with van der Waals surface area (Å²) in [5, 5.41) is 1.74. The molecular formula is C19H23NO4S. The van der Waals surface area contributed by atoms with Crippen molar-refractivity contribution in [2.24, 2.45) is 5.92 Å². The van der Waals surface area contributed by atoms with E-state index < -0.39 is 30.0 Å². The molecule has 2 fully saturated rings. The van der Waals surface area contributed by atoms with Crippen molar-refractivity contribution in [2.75, 3.05) is 13.7 Å². The smallest absolute Gasteiger partial charge is 0.290 e. The minimum absolute atomic E-state index is 0.0685. The Morgan fingerprint density at radius 2 is 2.08 bits per heavy atom. The summed E-state index contributed by atoms with van der Waals surface area (Å²) in [4.78, 5) is 23.2. The van der Waals surface area contributed by atoms with Crippen LogP contribution in [0.15, 0.2) is 23.1 Å². The Balaban J connectivity index is 1.82. The minimum atomic E-state index is -2.55. The fraction of sp³-hybridized carbons (Fsp3) is 0.474. The summed E-state index contributed by atoms with van der Waals surface area (Å²) in [5.41, 5.74) is 0.567. The highest BCUT2D eigenvalue weighted by Gasteiger charge is 2.25. The summed E-state index contributed by atoms with van der Waals surface area (Å²) >= 11 is 0.795. The first-order chi connectivity index (χ1) is 13.6. The zero-order chi connectivity index (χ0) is 21.2. The Labute approximate surface area is 157 Å². The molecule has 25 heavy (non-hydrogen) atoms. The third-order valence-electron chi connectivity index (χ3n) is 4.16. The molecule has 6 heteroatoms. The SMILES string of the molecule is [2H]C([2H])(Oc1ccc(/C=C2/SC(=O)NC2=O)cc1OC)C([2H])([2H])C1CCCCC1. The average Bonchev–Trinajstić information content (AvgIpc) is 3.00. The van der Waals surface area contributed by atoms with E-state index in [1.165, 1.54) is 19.3 Å². The van der Waals surface area contributed by atoms with Gasteiger partial charge in [-0.3, -0.25) is 14.9 Å². The van der Waals surface area contributed by atoms with Gasteiger partial charge in [-0.2, -0.15) is 0 Å². The van der Waals surface area contributed by atoms with Crippen molar-refractivity contribution in [1.29, 1.82) is 0 Å². The Kier molecular flexibility index (Phi) is 4.48. The van der Waals surface area contributed by atoms with Crippen LogP contribution in [0.5, 0.6) is 11.5 Å². The molecule has 1 saturated carbocycles. The number of benzene rings is 1. The van der Waals surface area contributed by atoms with Crippen LogP contribution in [0.2, 0.25) is 0 Å². The Morgan fingerprint density at radius 3 is 2.76 bits per heavy atom. The van der Waals surface area contributed by atoms with Gasteiger partial charge in [-0.1, -0.05) is 38.2 Å². The molecular weight excluding hydrogens is 338 g/mol. The lowest BCUT2D eigenvalue weighted by molar-refractivity contribution is -0.115. The predicted molar refractivity (Wildman–Crippen MR) is 98.8 cm³/mol. The first kappa shape index (κ1) is 13.3. The summed E-state index contributed by atoms with van der Waals surface area (Å²) in [6.45, 7) is -2.55. The number of rotatable bonds is 6. The van der Waals surface area contributed by atoms with E-state index in [2.05, 4.69) is 5.32 Å². The van der Waals surface area contributed by atoms with E-state index in [1.54, 1.807) is 12.1 Å². The number of methoxy groups -OCH3 is 1. The van der Waals surface area contributed by atoms with Gasteiger partial charge in [0.2, 0.25) is 0 Å². The fourth-order valence-electron chi connectivity index (χ4n) is 2.85. The highest BCUT2D eigenvalue weighted by atomic mass is 32.2. The first-order valence-corrected chi connectivity index (χ1v) is 9.07. The Hall–Kier alpha value is -1.95. The van der Waals surface area contributed by atoms with Crippen molar-refractivity contribution >= 4 is 29.0 Å². The number of amides is 2. The van der Waals surface area contributed by atoms with Gasteiger partial charge < -0.3 is 9.47 Å². The third-order valence-corrected chi connectivity index (χ3v) is 4.97. The third kappa shape index (κ3) is 4.78. The molecule has 0 aromatic heterocycles. The maximum atomic E-state index is 11.7. The van der Waals surface area contributed by atoms with E-state index in [0.717, 1.165) is 31.0 Å². The average molecular weight is 365 g/mol. The van der Waals surface area contributed by atoms with E-state index in [1.807, 2.05) is 0 Å². The number of thioether (sulfide) groups is 1. The summed E-state index contributed by atoms with van der Waals surface area (Å²) in [5.74, 6) is -0.607. The number of ether oxygens (including phenoxy) is 2. The first-order valence-electron chi connectivity index (χ1n) is 10.3. The molecule has 134 valence electrons. The molecule has 1 saturated heterocycles. The minimum Gasteiger partial charge on any atom is -0.493 e. The van der Waals surface area contributed by atoms with E-state index in [0.29, 0.717) is 18.4 Å². The molecule has 5 nitrogen and oxygen atoms in total. The van der Waals surface area contributed by atoms with E-state index in [4.69, 9.17) is 15.0 Å². The number of nitrogens with one attached hydrogen (secondary N) is 1. The largest absolute Gasteiger partial charge is 0.493 e. The molecule has 1 aromatic rings. The van der Waals surface area contributed by atoms with Crippen LogP contribution in [0.4, 0.5) is 4.79 Å². The normalized spacial score (nSPS) is 23.5. The standard InChI is InChI=1S/C19H23NO4S/c1-23-16-11-14(12-17-18(21)20-19(22)25-17)7-8-15(16)24-10-9-13-5-3-2-4-6-13/h7-8,11-13H,2-6,9-10H2,1H3,(H,20,21,22)/b17-12+/i9D2,10D2. The highest BCUT2D eigenvalue weighted by Crippen LogP contribution is 2.32. The molecule has 0 spiro atoms. The second-order valence-electron chi connectivity index (χ2n) is 5.95. The van der Waals surface area contributed by atoms with Gasteiger partial charge in [0.05, 0.1) is 21.3 Å². The van der Waals surface area contributed by atoms with E-state index >= 15 is 0 Å². The van der Waals surface area contributed by atoms with Crippen molar-refractivity contribution in [2.45, 2.75) is 38.5 Å². The second-order valence-corrected chi connectivity index (χ2v) is 6.96. The molecule has 3 rings (SSSR count). The zero-order valence-corrected chi connectivity index (χ0v) is 14.8. The molecule has 0 unspecified atom stereocenters. The van der Waals surface area contributed by atoms with Crippen LogP contribution in [-0.2, 0) is 4.79 Å². The maximum Gasteiger partial charge on any atom is 0.290 e. The van der Waals surface area contributed by atoms with Crippen LogP contribution >= 0.6 is 11.8 Å². The molecule has 0 bridgehead atoms. The maximum absolute atomic E-state index is 11.7. The lowest BCUT2D eigenvalue weighted by Crippen LogP contribution is -2.17. The van der Waals surface area contributed by atoms with Crippen LogP contribution in [0.1, 0.15) is 49.5 Å². The Bertz CT molecular complexity index is 837. The number of carbonyl (C=O) groups excluding carboxylic acids is 2. The topological polar surface area (TPSA) is 64.6 Å². The lowest BCUT2D eigenvalue weighted by atomic mass is 9.87. The monoisotopic (exact) mass is 365 g/mol. The highest BCUT2D eigenvalue weighted by molar-refractivity contribution is 8.18. The lowest BCUT2D eigenvalue weighted by Gasteiger charge is -2.21. The van der Waals surface area contributed by atoms with Crippen molar-refractivity contribution in [1.82, 2.24) is 5.32 Å². The Morgan fingerprint density at radius 1 is 1.28 bits per heavy atom. The molecule has 1 N–H and O–H groups in total. The van der Waals surface area contributed by atoms with Crippen molar-refractivity contribution in [3.05, 3.63) is 28.7 Å². The van der Waals surface area contributed by atoms with Crippen LogP contribution in [0.25, 0.3) is 6.08 Å². The molecule has 1 heterocycles. The van der Waals surface area contributed by atoms with Crippen molar-refractivity contribution < 1.29 is 24.5 Å². The van der Waals surface area contributed by atoms with Crippen LogP contribution in [0.3, 0.4) is 0 Å². The zero-order valence-electron chi connectivity index (χ0n) is 18.0. The summed E-state index contributed by atoms with van der Waals surface area (Å²) in [6, 6.07) is 4.61. The quantitative estimate of drug-likeness (QED) is 0.759. The number of hydrogen-bond donors (Lipinski definition) is 1. The van der Waals surface area contributed by atoms with E-state index in [-0.39, 0.29) is 16.4 Å². The number of carbonyl (C=O) groups is 2. The van der Waals surface area contributed by atoms with Gasteiger partial charge in [0.15, 0.2) is 11.5 Å². The molecule has 1 aromatic carbocycles. The van der Waals surface area contributed by atoms with E-state index in [9.17, 15) is 9.59 Å². The van der Waals surface area contributed by atoms with Crippen LogP contribution < -0.4 is 14.8 Å². The molecule has 2 amide bonds. The van der Waals surface area contributed by atoms with Gasteiger partial charge in [-0.25, -0.2) is 0 Å². The molecule has 0 atom stereocenters. The fourth-order valence-corrected chi connectivity index (χ4v) is 3.53. The molecule has 1 aliphatic carbocycles. The van der Waals surface area contributed by atoms with Gasteiger partial charge in [0.25, 0.3) is 11.1 Å². The van der Waals surface area contributed by atoms with Gasteiger partial charge in [-0.05, 0) is 47.8 Å². The molecule has 1 aliphatic heterocycles. The summed E-state index contributed by atoms with van der Waals surface area (Å²) < 4.78 is 44.0.